The molecule has 0 aliphatic rings. The fraction of sp³-hybridized carbons (Fsp3) is 0.417. The zero-order valence-electron chi connectivity index (χ0n) is 9.17. The Kier molecular flexibility index (Phi) is 5.53. The molecule has 1 rings (SSSR count). The zero-order valence-corrected chi connectivity index (χ0v) is 9.17. The van der Waals surface area contributed by atoms with Crippen molar-refractivity contribution >= 4 is 5.97 Å². The van der Waals surface area contributed by atoms with E-state index in [9.17, 15) is 4.79 Å². The lowest BCUT2D eigenvalue weighted by atomic mass is 10.2. The molecule has 16 heavy (non-hydrogen) atoms. The van der Waals surface area contributed by atoms with Gasteiger partial charge in [0, 0.05) is 19.7 Å². The summed E-state index contributed by atoms with van der Waals surface area (Å²) in [6.45, 7) is 1.30. The Balaban J connectivity index is 2.52. The Labute approximate surface area is 95.1 Å². The van der Waals surface area contributed by atoms with Gasteiger partial charge in [-0.15, -0.1) is 0 Å². The summed E-state index contributed by atoms with van der Waals surface area (Å²) in [5.74, 6) is -0.839. The molecule has 1 aromatic carbocycles. The van der Waals surface area contributed by atoms with Crippen LogP contribution >= 0.6 is 0 Å². The molecule has 0 amide bonds. The minimum absolute atomic E-state index is 0.00882. The fourth-order valence-corrected chi connectivity index (χ4v) is 1.54. The van der Waals surface area contributed by atoms with Crippen molar-refractivity contribution in [2.75, 3.05) is 19.7 Å². The van der Waals surface area contributed by atoms with Crippen LogP contribution in [0, 0.1) is 0 Å². The van der Waals surface area contributed by atoms with E-state index < -0.39 is 5.97 Å². The predicted octanol–water partition coefficient (Wildman–Crippen LogP) is 0.956. The topological polar surface area (TPSA) is 60.8 Å². The molecule has 0 bridgehead atoms. The molecule has 0 aliphatic carbocycles. The number of aliphatic carboxylic acids is 1. The van der Waals surface area contributed by atoms with E-state index in [1.54, 1.807) is 0 Å². The third-order valence-electron chi connectivity index (χ3n) is 2.24. The lowest BCUT2D eigenvalue weighted by Gasteiger charge is -2.19. The van der Waals surface area contributed by atoms with E-state index in [4.69, 9.17) is 10.2 Å². The van der Waals surface area contributed by atoms with Gasteiger partial charge < -0.3 is 10.2 Å². The predicted molar refractivity (Wildman–Crippen MR) is 61.1 cm³/mol. The van der Waals surface area contributed by atoms with E-state index in [-0.39, 0.29) is 13.2 Å². The molecule has 88 valence electrons. The summed E-state index contributed by atoms with van der Waals surface area (Å²) >= 11 is 0. The highest BCUT2D eigenvalue weighted by Crippen LogP contribution is 2.04. The minimum Gasteiger partial charge on any atom is -0.480 e. The van der Waals surface area contributed by atoms with Crippen molar-refractivity contribution in [2.45, 2.75) is 13.0 Å². The first-order valence-corrected chi connectivity index (χ1v) is 5.31. The van der Waals surface area contributed by atoms with Crippen LogP contribution in [-0.4, -0.2) is 40.8 Å². The Morgan fingerprint density at radius 2 is 1.94 bits per heavy atom. The van der Waals surface area contributed by atoms with E-state index in [1.165, 1.54) is 0 Å². The maximum atomic E-state index is 10.7. The summed E-state index contributed by atoms with van der Waals surface area (Å²) in [5.41, 5.74) is 1.08. The third kappa shape index (κ3) is 4.91. The molecule has 0 spiro atoms. The van der Waals surface area contributed by atoms with Crippen molar-refractivity contribution in [3.63, 3.8) is 0 Å². The molecule has 0 saturated carbocycles. The van der Waals surface area contributed by atoms with Gasteiger partial charge in [0.2, 0.25) is 0 Å². The van der Waals surface area contributed by atoms with Crippen LogP contribution in [0.1, 0.15) is 12.0 Å². The lowest BCUT2D eigenvalue weighted by Crippen LogP contribution is -2.30. The van der Waals surface area contributed by atoms with Crippen molar-refractivity contribution in [1.29, 1.82) is 0 Å². The first-order valence-electron chi connectivity index (χ1n) is 5.31. The summed E-state index contributed by atoms with van der Waals surface area (Å²) in [6, 6.07) is 9.72. The number of aliphatic hydroxyl groups is 1. The maximum Gasteiger partial charge on any atom is 0.317 e. The van der Waals surface area contributed by atoms with Gasteiger partial charge in [-0.1, -0.05) is 30.3 Å². The van der Waals surface area contributed by atoms with Crippen LogP contribution < -0.4 is 0 Å². The highest BCUT2D eigenvalue weighted by atomic mass is 16.4. The largest absolute Gasteiger partial charge is 0.480 e. The smallest absolute Gasteiger partial charge is 0.317 e. The Bertz CT molecular complexity index is 313. The molecular weight excluding hydrogens is 206 g/mol. The van der Waals surface area contributed by atoms with Crippen molar-refractivity contribution < 1.29 is 15.0 Å². The minimum atomic E-state index is -0.839. The van der Waals surface area contributed by atoms with Gasteiger partial charge in [0.25, 0.3) is 0 Å². The first kappa shape index (κ1) is 12.7. The van der Waals surface area contributed by atoms with Crippen molar-refractivity contribution in [1.82, 2.24) is 4.90 Å². The molecule has 0 aliphatic heterocycles. The summed E-state index contributed by atoms with van der Waals surface area (Å²) in [5, 5.41) is 17.5. The standard InChI is InChI=1S/C12H17NO3/c14-8-4-7-13(10-12(15)16)9-11-5-2-1-3-6-11/h1-3,5-6,14H,4,7-10H2,(H,15,16). The van der Waals surface area contributed by atoms with Gasteiger partial charge in [0.05, 0.1) is 6.54 Å². The number of hydrogen-bond donors (Lipinski definition) is 2. The van der Waals surface area contributed by atoms with Gasteiger partial charge in [0.1, 0.15) is 0 Å². The number of carboxylic acids is 1. The summed E-state index contributed by atoms with van der Waals surface area (Å²) in [7, 11) is 0. The lowest BCUT2D eigenvalue weighted by molar-refractivity contribution is -0.138. The number of rotatable bonds is 7. The van der Waals surface area contributed by atoms with Crippen LogP contribution in [0.4, 0.5) is 0 Å². The van der Waals surface area contributed by atoms with Gasteiger partial charge in [-0.25, -0.2) is 0 Å². The SMILES string of the molecule is O=C(O)CN(CCCO)Cc1ccccc1. The molecule has 0 atom stereocenters. The molecule has 4 heteroatoms. The van der Waals surface area contributed by atoms with Crippen molar-refractivity contribution in [2.24, 2.45) is 0 Å². The van der Waals surface area contributed by atoms with Crippen LogP contribution in [0.15, 0.2) is 30.3 Å². The summed E-state index contributed by atoms with van der Waals surface area (Å²) < 4.78 is 0. The van der Waals surface area contributed by atoms with Crippen LogP contribution in [-0.2, 0) is 11.3 Å². The molecule has 0 saturated heterocycles. The molecule has 4 nitrogen and oxygen atoms in total. The monoisotopic (exact) mass is 223 g/mol. The second-order valence-electron chi connectivity index (χ2n) is 3.67. The maximum absolute atomic E-state index is 10.7. The van der Waals surface area contributed by atoms with Crippen molar-refractivity contribution in [3.05, 3.63) is 35.9 Å². The molecule has 0 unspecified atom stereocenters. The average molecular weight is 223 g/mol. The molecule has 0 heterocycles. The number of carbonyl (C=O) groups is 1. The van der Waals surface area contributed by atoms with Gasteiger partial charge in [-0.3, -0.25) is 9.69 Å². The fourth-order valence-electron chi connectivity index (χ4n) is 1.54. The van der Waals surface area contributed by atoms with Gasteiger partial charge in [-0.05, 0) is 12.0 Å². The Morgan fingerprint density at radius 3 is 2.50 bits per heavy atom. The van der Waals surface area contributed by atoms with E-state index in [0.29, 0.717) is 19.5 Å². The highest BCUT2D eigenvalue weighted by Gasteiger charge is 2.09. The third-order valence-corrected chi connectivity index (χ3v) is 2.24. The highest BCUT2D eigenvalue weighted by molar-refractivity contribution is 5.69. The molecule has 1 aromatic rings. The Hall–Kier alpha value is -1.39. The molecule has 0 fully saturated rings. The molecule has 0 aromatic heterocycles. The van der Waals surface area contributed by atoms with Crippen LogP contribution in [0.25, 0.3) is 0 Å². The van der Waals surface area contributed by atoms with Gasteiger partial charge >= 0.3 is 5.97 Å². The quantitative estimate of drug-likeness (QED) is 0.722. The first-order chi connectivity index (χ1) is 7.72. The number of aliphatic hydroxyl groups excluding tert-OH is 1. The number of nitrogens with zero attached hydrogens (tertiary/aromatic N) is 1. The van der Waals surface area contributed by atoms with E-state index in [1.807, 2.05) is 35.2 Å². The summed E-state index contributed by atoms with van der Waals surface area (Å²) in [4.78, 5) is 12.5. The normalized spacial score (nSPS) is 10.6. The van der Waals surface area contributed by atoms with E-state index >= 15 is 0 Å². The average Bonchev–Trinajstić information content (AvgIpc) is 2.26. The van der Waals surface area contributed by atoms with Crippen LogP contribution in [0.2, 0.25) is 0 Å². The van der Waals surface area contributed by atoms with E-state index in [0.717, 1.165) is 5.56 Å². The van der Waals surface area contributed by atoms with Crippen LogP contribution in [0.3, 0.4) is 0 Å². The van der Waals surface area contributed by atoms with Crippen LogP contribution in [0.5, 0.6) is 0 Å². The number of hydrogen-bond acceptors (Lipinski definition) is 3. The number of carboxylic acid groups (broad SMARTS) is 1. The second kappa shape index (κ2) is 6.98. The second-order valence-corrected chi connectivity index (χ2v) is 3.67. The van der Waals surface area contributed by atoms with Gasteiger partial charge in [-0.2, -0.15) is 0 Å². The Morgan fingerprint density at radius 1 is 1.25 bits per heavy atom. The van der Waals surface area contributed by atoms with Gasteiger partial charge in [0.15, 0.2) is 0 Å². The summed E-state index contributed by atoms with van der Waals surface area (Å²) in [6.07, 6.45) is 0.597. The molecular formula is C12H17NO3. The number of benzene rings is 1. The van der Waals surface area contributed by atoms with E-state index in [2.05, 4.69) is 0 Å². The zero-order chi connectivity index (χ0) is 11.8. The van der Waals surface area contributed by atoms with Crippen molar-refractivity contribution in [3.8, 4) is 0 Å². The molecule has 2 N–H and O–H groups in total. The molecule has 0 radical (unpaired) electrons.